The fraction of sp³-hybridized carbons (Fsp3) is 0.944. The third-order valence-corrected chi connectivity index (χ3v) is 9.36. The third-order valence-electron chi connectivity index (χ3n) is 6.35. The lowest BCUT2D eigenvalue weighted by Crippen LogP contribution is -2.59. The van der Waals surface area contributed by atoms with Crippen molar-refractivity contribution in [2.24, 2.45) is 17.8 Å². The zero-order valence-electron chi connectivity index (χ0n) is 13.5. The summed E-state index contributed by atoms with van der Waals surface area (Å²) in [5.41, 5.74) is 0.212. The first-order valence-electron chi connectivity index (χ1n) is 9.30. The van der Waals surface area contributed by atoms with Crippen molar-refractivity contribution in [2.45, 2.75) is 81.4 Å². The summed E-state index contributed by atoms with van der Waals surface area (Å²) in [7, 11) is 4.08. The van der Waals surface area contributed by atoms with E-state index in [0.717, 1.165) is 35.8 Å². The maximum absolute atomic E-state index is 12.4. The van der Waals surface area contributed by atoms with Crippen LogP contribution in [0, 0.1) is 17.8 Å². The molecule has 124 valence electrons. The zero-order chi connectivity index (χ0) is 15.0. The van der Waals surface area contributed by atoms with Gasteiger partial charge in [-0.3, -0.25) is 4.79 Å². The van der Waals surface area contributed by atoms with Crippen molar-refractivity contribution < 1.29 is 4.79 Å². The topological polar surface area (TPSA) is 29.1 Å². The van der Waals surface area contributed by atoms with E-state index in [0.29, 0.717) is 5.91 Å². The minimum absolute atomic E-state index is 0.212. The molecule has 1 heterocycles. The molecule has 1 saturated heterocycles. The Kier molecular flexibility index (Phi) is 4.69. The maximum Gasteiger partial charge on any atom is 0.220 e. The van der Waals surface area contributed by atoms with Gasteiger partial charge >= 0.3 is 0 Å². The third kappa shape index (κ3) is 3.48. The fourth-order valence-corrected chi connectivity index (χ4v) is 8.87. The lowest BCUT2D eigenvalue weighted by molar-refractivity contribution is -0.127. The molecule has 0 aromatic heterocycles. The van der Waals surface area contributed by atoms with E-state index < -0.39 is 0 Å². The van der Waals surface area contributed by atoms with Gasteiger partial charge in [0, 0.05) is 23.0 Å². The number of unbranched alkanes of at least 4 members (excludes halogenated alkanes) is 1. The molecule has 0 spiro atoms. The zero-order valence-corrected chi connectivity index (χ0v) is 15.2. The highest BCUT2D eigenvalue weighted by molar-refractivity contribution is 8.77. The summed E-state index contributed by atoms with van der Waals surface area (Å²) in [6.45, 7) is 0. The van der Waals surface area contributed by atoms with E-state index >= 15 is 0 Å². The van der Waals surface area contributed by atoms with Crippen LogP contribution in [0.2, 0.25) is 0 Å². The Morgan fingerprint density at radius 2 is 1.73 bits per heavy atom. The van der Waals surface area contributed by atoms with Crippen molar-refractivity contribution in [3.8, 4) is 0 Å². The Labute approximate surface area is 142 Å². The van der Waals surface area contributed by atoms with Gasteiger partial charge in [-0.05, 0) is 75.5 Å². The fourth-order valence-electron chi connectivity index (χ4n) is 5.84. The van der Waals surface area contributed by atoms with Gasteiger partial charge in [0.15, 0.2) is 0 Å². The first-order chi connectivity index (χ1) is 10.7. The van der Waals surface area contributed by atoms with E-state index in [9.17, 15) is 4.79 Å². The highest BCUT2D eigenvalue weighted by Crippen LogP contribution is 2.55. The quantitative estimate of drug-likeness (QED) is 0.557. The van der Waals surface area contributed by atoms with Crippen molar-refractivity contribution in [2.75, 3.05) is 5.75 Å². The molecule has 0 aromatic carbocycles. The van der Waals surface area contributed by atoms with Crippen LogP contribution in [-0.4, -0.2) is 22.4 Å². The average Bonchev–Trinajstić information content (AvgIpc) is 2.94. The summed E-state index contributed by atoms with van der Waals surface area (Å²) in [6.07, 6.45) is 13.9. The lowest BCUT2D eigenvalue weighted by Gasteiger charge is -2.56. The van der Waals surface area contributed by atoms with Crippen LogP contribution in [0.3, 0.4) is 0 Å². The Balaban J connectivity index is 1.20. The molecule has 0 aromatic rings. The van der Waals surface area contributed by atoms with Crippen molar-refractivity contribution in [1.82, 2.24) is 5.32 Å². The lowest BCUT2D eigenvalue weighted by atomic mass is 9.53. The maximum atomic E-state index is 12.4. The summed E-state index contributed by atoms with van der Waals surface area (Å²) >= 11 is 0. The Hall–Kier alpha value is 0.170. The highest BCUT2D eigenvalue weighted by Gasteiger charge is 2.51. The van der Waals surface area contributed by atoms with Crippen LogP contribution in [-0.2, 0) is 4.79 Å². The molecule has 4 aliphatic carbocycles. The van der Waals surface area contributed by atoms with Crippen molar-refractivity contribution >= 4 is 27.5 Å². The summed E-state index contributed by atoms with van der Waals surface area (Å²) in [5.74, 6) is 4.42. The van der Waals surface area contributed by atoms with Crippen LogP contribution in [0.25, 0.3) is 0 Å². The second kappa shape index (κ2) is 6.58. The molecule has 4 heteroatoms. The molecule has 0 unspecified atom stereocenters. The van der Waals surface area contributed by atoms with E-state index in [-0.39, 0.29) is 5.54 Å². The van der Waals surface area contributed by atoms with Gasteiger partial charge < -0.3 is 5.32 Å². The van der Waals surface area contributed by atoms with E-state index in [4.69, 9.17) is 0 Å². The molecule has 1 N–H and O–H groups in total. The summed E-state index contributed by atoms with van der Waals surface area (Å²) in [5, 5.41) is 4.36. The first kappa shape index (κ1) is 15.7. The highest BCUT2D eigenvalue weighted by atomic mass is 33.1. The molecule has 5 fully saturated rings. The van der Waals surface area contributed by atoms with Gasteiger partial charge in [-0.1, -0.05) is 28.0 Å². The van der Waals surface area contributed by atoms with Crippen LogP contribution < -0.4 is 5.32 Å². The Morgan fingerprint density at radius 1 is 1.05 bits per heavy atom. The molecule has 2 nitrogen and oxygen atoms in total. The van der Waals surface area contributed by atoms with Gasteiger partial charge in [0.25, 0.3) is 0 Å². The summed E-state index contributed by atoms with van der Waals surface area (Å²) in [4.78, 5) is 12.4. The van der Waals surface area contributed by atoms with Gasteiger partial charge in [-0.25, -0.2) is 0 Å². The number of nitrogens with one attached hydrogen (secondary N) is 1. The van der Waals surface area contributed by atoms with E-state index in [1.807, 2.05) is 10.8 Å². The van der Waals surface area contributed by atoms with E-state index in [1.165, 1.54) is 63.5 Å². The number of amides is 1. The predicted molar refractivity (Wildman–Crippen MR) is 96.0 cm³/mol. The number of hydrogen-bond acceptors (Lipinski definition) is 3. The van der Waals surface area contributed by atoms with E-state index in [2.05, 4.69) is 16.1 Å². The molecule has 1 aliphatic heterocycles. The van der Waals surface area contributed by atoms with Crippen LogP contribution in [0.15, 0.2) is 0 Å². The number of hydrogen-bond donors (Lipinski definition) is 1. The molecular formula is C18H29NOS2. The largest absolute Gasteiger partial charge is 0.351 e. The van der Waals surface area contributed by atoms with Crippen LogP contribution >= 0.6 is 21.6 Å². The molecule has 4 saturated carbocycles. The van der Waals surface area contributed by atoms with Gasteiger partial charge in [0.2, 0.25) is 5.91 Å². The predicted octanol–water partition coefficient (Wildman–Crippen LogP) is 4.79. The van der Waals surface area contributed by atoms with Crippen LogP contribution in [0.4, 0.5) is 0 Å². The van der Waals surface area contributed by atoms with Crippen molar-refractivity contribution in [3.05, 3.63) is 0 Å². The molecule has 1 amide bonds. The second-order valence-corrected chi connectivity index (χ2v) is 11.1. The number of rotatable bonds is 6. The molecule has 0 radical (unpaired) electrons. The van der Waals surface area contributed by atoms with Gasteiger partial charge in [-0.15, -0.1) is 0 Å². The molecule has 5 rings (SSSR count). The summed E-state index contributed by atoms with van der Waals surface area (Å²) < 4.78 is 0. The van der Waals surface area contributed by atoms with Gasteiger partial charge in [0.05, 0.1) is 0 Å². The van der Waals surface area contributed by atoms with Crippen LogP contribution in [0.1, 0.15) is 70.6 Å². The monoisotopic (exact) mass is 339 g/mol. The van der Waals surface area contributed by atoms with Crippen LogP contribution in [0.5, 0.6) is 0 Å². The standard InChI is InChI=1S/C18H29NOS2/c20-17(4-2-1-3-16-5-6-21-22-16)19-18-10-13-7-14(11-18)9-15(8-13)12-18/h13-16H,1-12H2,(H,19,20)/t13?,14?,15?,16-,18?/m1/s1. The van der Waals surface area contributed by atoms with Gasteiger partial charge in [0.1, 0.15) is 0 Å². The SMILES string of the molecule is O=C(CCCC[C@@H]1CCSS1)NC12CC3CC(CC(C3)C1)C2. The molecule has 4 bridgehead atoms. The molecular weight excluding hydrogens is 310 g/mol. The Bertz CT molecular complexity index is 384. The average molecular weight is 340 g/mol. The Morgan fingerprint density at radius 3 is 2.32 bits per heavy atom. The van der Waals surface area contributed by atoms with Crippen molar-refractivity contribution in [1.29, 1.82) is 0 Å². The van der Waals surface area contributed by atoms with Gasteiger partial charge in [-0.2, -0.15) is 0 Å². The second-order valence-electron chi connectivity index (χ2n) is 8.32. The van der Waals surface area contributed by atoms with E-state index in [1.54, 1.807) is 0 Å². The molecule has 1 atom stereocenters. The smallest absolute Gasteiger partial charge is 0.220 e. The minimum atomic E-state index is 0.212. The summed E-state index contributed by atoms with van der Waals surface area (Å²) in [6, 6.07) is 0. The normalized spacial score (nSPS) is 42.7. The number of carbonyl (C=O) groups excluding carboxylic acids is 1. The minimum Gasteiger partial charge on any atom is -0.351 e. The molecule has 5 aliphatic rings. The van der Waals surface area contributed by atoms with Crippen molar-refractivity contribution in [3.63, 3.8) is 0 Å². The first-order valence-corrected chi connectivity index (χ1v) is 11.7. The number of carbonyl (C=O) groups is 1. The molecule has 22 heavy (non-hydrogen) atoms.